The average Bonchev–Trinajstić information content (AvgIpc) is 2.49. The Morgan fingerprint density at radius 2 is 1.71 bits per heavy atom. The Hall–Kier alpha value is -1.47. The molecule has 2 aromatic carbocycles. The molecule has 0 aliphatic carbocycles. The van der Waals surface area contributed by atoms with Gasteiger partial charge in [0.1, 0.15) is 5.75 Å². The quantitative estimate of drug-likeness (QED) is 0.569. The normalized spacial score (nSPS) is 10.6. The Kier molecular flexibility index (Phi) is 6.62. The van der Waals surface area contributed by atoms with Crippen molar-refractivity contribution in [2.75, 3.05) is 6.61 Å². The Morgan fingerprint density at radius 3 is 2.43 bits per heavy atom. The Bertz CT molecular complexity index is 534. The van der Waals surface area contributed by atoms with Gasteiger partial charge in [0.15, 0.2) is 0 Å². The third kappa shape index (κ3) is 5.81. The van der Waals surface area contributed by atoms with Crippen molar-refractivity contribution < 1.29 is 4.74 Å². The zero-order valence-corrected chi connectivity index (χ0v) is 13.4. The fourth-order valence-corrected chi connectivity index (χ4v) is 2.57. The Labute approximate surface area is 132 Å². The van der Waals surface area contributed by atoms with Gasteiger partial charge in [0, 0.05) is 5.02 Å². The topological polar surface area (TPSA) is 9.23 Å². The molecule has 0 unspecified atom stereocenters. The molecule has 0 heterocycles. The van der Waals surface area contributed by atoms with Gasteiger partial charge in [-0.2, -0.15) is 0 Å². The molecule has 0 saturated heterocycles. The highest BCUT2D eigenvalue weighted by Gasteiger charge is 1.97. The van der Waals surface area contributed by atoms with Crippen LogP contribution < -0.4 is 4.74 Å². The predicted molar refractivity (Wildman–Crippen MR) is 90.3 cm³/mol. The summed E-state index contributed by atoms with van der Waals surface area (Å²) in [6.07, 6.45) is 5.56. The standard InChI is InChI=1S/C19H23ClO/c1-2-6-16-10-12-19(13-11-16)21-14-4-3-7-17-8-5-9-18(20)15-17/h5,8-13,15H,2-4,6-7,14H2,1H3. The van der Waals surface area contributed by atoms with Crippen LogP contribution in [-0.2, 0) is 12.8 Å². The van der Waals surface area contributed by atoms with Crippen molar-refractivity contribution in [1.82, 2.24) is 0 Å². The van der Waals surface area contributed by atoms with Crippen LogP contribution in [0.25, 0.3) is 0 Å². The summed E-state index contributed by atoms with van der Waals surface area (Å²) in [6.45, 7) is 2.97. The molecule has 0 bridgehead atoms. The van der Waals surface area contributed by atoms with Gasteiger partial charge in [-0.1, -0.05) is 49.2 Å². The van der Waals surface area contributed by atoms with E-state index in [2.05, 4.69) is 37.3 Å². The summed E-state index contributed by atoms with van der Waals surface area (Å²) in [4.78, 5) is 0. The maximum Gasteiger partial charge on any atom is 0.119 e. The molecular weight excluding hydrogens is 280 g/mol. The molecule has 0 aromatic heterocycles. The minimum atomic E-state index is 0.772. The largest absolute Gasteiger partial charge is 0.494 e. The second kappa shape index (κ2) is 8.74. The first-order chi connectivity index (χ1) is 10.3. The molecular formula is C19H23ClO. The van der Waals surface area contributed by atoms with Gasteiger partial charge in [-0.3, -0.25) is 0 Å². The van der Waals surface area contributed by atoms with Crippen LogP contribution in [0.15, 0.2) is 48.5 Å². The first-order valence-electron chi connectivity index (χ1n) is 7.74. The summed E-state index contributed by atoms with van der Waals surface area (Å²) in [5.74, 6) is 0.970. The molecule has 112 valence electrons. The first-order valence-corrected chi connectivity index (χ1v) is 8.12. The van der Waals surface area contributed by atoms with Crippen LogP contribution in [0.5, 0.6) is 5.75 Å². The fraction of sp³-hybridized carbons (Fsp3) is 0.368. The highest BCUT2D eigenvalue weighted by atomic mass is 35.5. The third-order valence-corrected chi connectivity index (χ3v) is 3.71. The van der Waals surface area contributed by atoms with Gasteiger partial charge in [0.2, 0.25) is 0 Å². The van der Waals surface area contributed by atoms with Crippen molar-refractivity contribution in [3.8, 4) is 5.75 Å². The maximum absolute atomic E-state index is 5.98. The second-order valence-electron chi connectivity index (χ2n) is 5.33. The van der Waals surface area contributed by atoms with Gasteiger partial charge in [-0.05, 0) is 61.1 Å². The highest BCUT2D eigenvalue weighted by Crippen LogP contribution is 2.15. The Morgan fingerprint density at radius 1 is 0.905 bits per heavy atom. The number of aryl methyl sites for hydroxylation is 2. The number of ether oxygens (including phenoxy) is 1. The van der Waals surface area contributed by atoms with E-state index in [0.29, 0.717) is 0 Å². The van der Waals surface area contributed by atoms with Gasteiger partial charge >= 0.3 is 0 Å². The zero-order chi connectivity index (χ0) is 14.9. The number of halogens is 1. The third-order valence-electron chi connectivity index (χ3n) is 3.48. The van der Waals surface area contributed by atoms with Crippen molar-refractivity contribution in [1.29, 1.82) is 0 Å². The minimum Gasteiger partial charge on any atom is -0.494 e. The molecule has 0 aliphatic heterocycles. The number of benzene rings is 2. The monoisotopic (exact) mass is 302 g/mol. The average molecular weight is 303 g/mol. The van der Waals surface area contributed by atoms with E-state index >= 15 is 0 Å². The van der Waals surface area contributed by atoms with Crippen molar-refractivity contribution in [2.45, 2.75) is 39.0 Å². The molecule has 0 fully saturated rings. The van der Waals surface area contributed by atoms with Crippen molar-refractivity contribution in [3.05, 3.63) is 64.7 Å². The highest BCUT2D eigenvalue weighted by molar-refractivity contribution is 6.30. The van der Waals surface area contributed by atoms with Crippen molar-refractivity contribution in [3.63, 3.8) is 0 Å². The minimum absolute atomic E-state index is 0.772. The second-order valence-corrected chi connectivity index (χ2v) is 5.77. The van der Waals surface area contributed by atoms with Gasteiger partial charge in [0.25, 0.3) is 0 Å². The van der Waals surface area contributed by atoms with Gasteiger partial charge in [-0.15, -0.1) is 0 Å². The SMILES string of the molecule is CCCc1ccc(OCCCCc2cccc(Cl)c2)cc1. The Balaban J connectivity index is 1.65. The molecule has 0 N–H and O–H groups in total. The van der Waals surface area contributed by atoms with E-state index in [-0.39, 0.29) is 0 Å². The van der Waals surface area contributed by atoms with Crippen molar-refractivity contribution >= 4 is 11.6 Å². The van der Waals surface area contributed by atoms with Crippen LogP contribution in [0.3, 0.4) is 0 Å². The van der Waals surface area contributed by atoms with Crippen LogP contribution >= 0.6 is 11.6 Å². The summed E-state index contributed by atoms with van der Waals surface area (Å²) in [5, 5.41) is 0.816. The molecule has 0 saturated carbocycles. The molecule has 0 spiro atoms. The summed E-state index contributed by atoms with van der Waals surface area (Å²) < 4.78 is 5.77. The summed E-state index contributed by atoms with van der Waals surface area (Å²) in [5.41, 5.74) is 2.68. The van der Waals surface area contributed by atoms with Gasteiger partial charge in [0.05, 0.1) is 6.61 Å². The lowest BCUT2D eigenvalue weighted by molar-refractivity contribution is 0.307. The van der Waals surface area contributed by atoms with E-state index in [0.717, 1.165) is 43.1 Å². The maximum atomic E-state index is 5.98. The van der Waals surface area contributed by atoms with Crippen LogP contribution in [0.2, 0.25) is 5.02 Å². The molecule has 2 rings (SSSR count). The van der Waals surface area contributed by atoms with Crippen LogP contribution in [-0.4, -0.2) is 6.61 Å². The van der Waals surface area contributed by atoms with Crippen LogP contribution in [0, 0.1) is 0 Å². The summed E-state index contributed by atoms with van der Waals surface area (Å²) in [7, 11) is 0. The number of rotatable bonds is 8. The smallest absolute Gasteiger partial charge is 0.119 e. The lowest BCUT2D eigenvalue weighted by Crippen LogP contribution is -1.98. The molecule has 0 radical (unpaired) electrons. The molecule has 2 heteroatoms. The molecule has 21 heavy (non-hydrogen) atoms. The number of hydrogen-bond acceptors (Lipinski definition) is 1. The van der Waals surface area contributed by atoms with Gasteiger partial charge < -0.3 is 4.74 Å². The lowest BCUT2D eigenvalue weighted by Gasteiger charge is -2.07. The van der Waals surface area contributed by atoms with Crippen LogP contribution in [0.4, 0.5) is 0 Å². The fourth-order valence-electron chi connectivity index (χ4n) is 2.35. The molecule has 0 aliphatic rings. The van der Waals surface area contributed by atoms with Crippen LogP contribution in [0.1, 0.15) is 37.3 Å². The zero-order valence-electron chi connectivity index (χ0n) is 12.6. The van der Waals surface area contributed by atoms with E-state index in [4.69, 9.17) is 16.3 Å². The predicted octanol–water partition coefficient (Wildman–Crippen LogP) is 5.69. The number of unbranched alkanes of at least 4 members (excludes halogenated alkanes) is 1. The van der Waals surface area contributed by atoms with E-state index in [1.165, 1.54) is 17.5 Å². The van der Waals surface area contributed by atoms with E-state index in [1.54, 1.807) is 0 Å². The lowest BCUT2D eigenvalue weighted by atomic mass is 10.1. The van der Waals surface area contributed by atoms with Crippen molar-refractivity contribution in [2.24, 2.45) is 0 Å². The van der Waals surface area contributed by atoms with Gasteiger partial charge in [-0.25, -0.2) is 0 Å². The van der Waals surface area contributed by atoms with E-state index in [1.807, 2.05) is 18.2 Å². The molecule has 1 nitrogen and oxygen atoms in total. The number of hydrogen-bond donors (Lipinski definition) is 0. The first kappa shape index (κ1) is 15.9. The molecule has 0 amide bonds. The van der Waals surface area contributed by atoms with E-state index < -0.39 is 0 Å². The molecule has 2 aromatic rings. The summed E-state index contributed by atoms with van der Waals surface area (Å²) >= 11 is 5.98. The summed E-state index contributed by atoms with van der Waals surface area (Å²) in [6, 6.07) is 16.5. The van der Waals surface area contributed by atoms with E-state index in [9.17, 15) is 0 Å². The molecule has 0 atom stereocenters.